The van der Waals surface area contributed by atoms with E-state index in [4.69, 9.17) is 4.74 Å². The summed E-state index contributed by atoms with van der Waals surface area (Å²) in [6.07, 6.45) is 5.45. The molecule has 0 aliphatic carbocycles. The number of nitrogens with one attached hydrogen (secondary N) is 1. The highest BCUT2D eigenvalue weighted by atomic mass is 19.1. The Kier molecular flexibility index (Phi) is 6.04. The zero-order chi connectivity index (χ0) is 22.7. The lowest BCUT2D eigenvalue weighted by Crippen LogP contribution is -2.44. The average molecular weight is 430 g/mol. The van der Waals surface area contributed by atoms with E-state index >= 15 is 0 Å². The maximum absolute atomic E-state index is 13.2. The first-order valence-corrected chi connectivity index (χ1v) is 10.4. The molecule has 1 aliphatic heterocycles. The van der Waals surface area contributed by atoms with E-state index in [0.29, 0.717) is 23.6 Å². The van der Waals surface area contributed by atoms with Crippen molar-refractivity contribution in [3.8, 4) is 28.8 Å². The molecule has 6 nitrogen and oxygen atoms in total. The molecule has 3 atom stereocenters. The molecule has 0 saturated carbocycles. The Morgan fingerprint density at radius 1 is 1.16 bits per heavy atom. The summed E-state index contributed by atoms with van der Waals surface area (Å²) < 4.78 is 19.1. The maximum Gasteiger partial charge on any atom is 0.251 e. The number of carbonyl (C=O) groups is 1. The number of benzene rings is 2. The van der Waals surface area contributed by atoms with Crippen molar-refractivity contribution in [2.24, 2.45) is 5.92 Å². The largest absolute Gasteiger partial charge is 0.455 e. The zero-order valence-electron chi connectivity index (χ0n) is 17.8. The number of ether oxygens (including phenoxy) is 1. The Bertz CT molecular complexity index is 1140. The summed E-state index contributed by atoms with van der Waals surface area (Å²) in [5, 5.41) is 12.3. The maximum atomic E-state index is 13.2. The summed E-state index contributed by atoms with van der Waals surface area (Å²) in [7, 11) is 0. The Morgan fingerprint density at radius 3 is 2.53 bits per heavy atom. The van der Waals surface area contributed by atoms with E-state index in [0.717, 1.165) is 11.1 Å². The molecule has 162 valence electrons. The third-order valence-corrected chi connectivity index (χ3v) is 5.82. The molecule has 1 amide bonds. The van der Waals surface area contributed by atoms with Crippen molar-refractivity contribution < 1.29 is 13.9 Å². The van der Waals surface area contributed by atoms with Gasteiger partial charge < -0.3 is 15.0 Å². The molecule has 2 heterocycles. The fourth-order valence-electron chi connectivity index (χ4n) is 4.02. The van der Waals surface area contributed by atoms with Gasteiger partial charge >= 0.3 is 0 Å². The summed E-state index contributed by atoms with van der Waals surface area (Å²) in [5.41, 5.74) is 2.21. The van der Waals surface area contributed by atoms with Gasteiger partial charge in [-0.3, -0.25) is 9.78 Å². The Morgan fingerprint density at radius 2 is 1.88 bits per heavy atom. The van der Waals surface area contributed by atoms with Gasteiger partial charge in [0.1, 0.15) is 11.6 Å². The van der Waals surface area contributed by atoms with Crippen molar-refractivity contribution in [2.45, 2.75) is 25.9 Å². The normalized spacial score (nSPS) is 19.9. The molecule has 3 aromatic rings. The van der Waals surface area contributed by atoms with Crippen LogP contribution in [0.15, 0.2) is 67.0 Å². The average Bonchev–Trinajstić information content (AvgIpc) is 3.08. The van der Waals surface area contributed by atoms with Gasteiger partial charge in [-0.05, 0) is 60.9 Å². The first kappa shape index (κ1) is 21.3. The molecule has 1 N–H and O–H groups in total. The molecule has 1 fully saturated rings. The van der Waals surface area contributed by atoms with Crippen molar-refractivity contribution in [3.63, 3.8) is 0 Å². The zero-order valence-corrected chi connectivity index (χ0v) is 17.8. The van der Waals surface area contributed by atoms with E-state index in [9.17, 15) is 14.4 Å². The first-order chi connectivity index (χ1) is 15.5. The van der Waals surface area contributed by atoms with E-state index in [1.165, 1.54) is 12.1 Å². The summed E-state index contributed by atoms with van der Waals surface area (Å²) >= 11 is 0. The van der Waals surface area contributed by atoms with E-state index in [1.54, 1.807) is 41.6 Å². The van der Waals surface area contributed by atoms with Crippen LogP contribution < -0.4 is 10.1 Å². The number of aromatic nitrogens is 1. The minimum absolute atomic E-state index is 0.0405. The van der Waals surface area contributed by atoms with Crippen LogP contribution in [0.2, 0.25) is 0 Å². The molecule has 1 aromatic heterocycles. The van der Waals surface area contributed by atoms with Gasteiger partial charge in [-0.2, -0.15) is 5.26 Å². The Balaban J connectivity index is 1.50. The number of amides is 1. The minimum Gasteiger partial charge on any atom is -0.455 e. The predicted molar refractivity (Wildman–Crippen MR) is 118 cm³/mol. The van der Waals surface area contributed by atoms with Gasteiger partial charge in [0.15, 0.2) is 11.9 Å². The number of hydrogen-bond acceptors (Lipinski definition) is 5. The van der Waals surface area contributed by atoms with Crippen molar-refractivity contribution in [1.29, 1.82) is 5.26 Å². The van der Waals surface area contributed by atoms with Crippen LogP contribution in [0.3, 0.4) is 0 Å². The highest BCUT2D eigenvalue weighted by Gasteiger charge is 2.37. The molecule has 4 rings (SSSR count). The van der Waals surface area contributed by atoms with E-state index in [2.05, 4.69) is 16.5 Å². The Hall–Kier alpha value is -3.92. The highest BCUT2D eigenvalue weighted by molar-refractivity contribution is 5.95. The summed E-state index contributed by atoms with van der Waals surface area (Å²) in [6.45, 7) is 4.63. The van der Waals surface area contributed by atoms with Gasteiger partial charge in [-0.15, -0.1) is 0 Å². The second-order valence-electron chi connectivity index (χ2n) is 7.97. The second-order valence-corrected chi connectivity index (χ2v) is 7.97. The van der Waals surface area contributed by atoms with Crippen LogP contribution in [0.1, 0.15) is 24.2 Å². The third-order valence-electron chi connectivity index (χ3n) is 5.82. The smallest absolute Gasteiger partial charge is 0.251 e. The van der Waals surface area contributed by atoms with E-state index in [-0.39, 0.29) is 29.7 Å². The highest BCUT2D eigenvalue weighted by Crippen LogP contribution is 2.33. The number of pyridine rings is 1. The van der Waals surface area contributed by atoms with E-state index in [1.807, 2.05) is 32.0 Å². The van der Waals surface area contributed by atoms with Crippen molar-refractivity contribution in [2.75, 3.05) is 6.54 Å². The first-order valence-electron chi connectivity index (χ1n) is 10.4. The molecule has 0 spiro atoms. The van der Waals surface area contributed by atoms with Crippen LogP contribution in [-0.4, -0.2) is 34.4 Å². The third kappa shape index (κ3) is 4.40. The number of hydrogen-bond donors (Lipinski definition) is 1. The fourth-order valence-corrected chi connectivity index (χ4v) is 4.02. The van der Waals surface area contributed by atoms with Gasteiger partial charge in [0.05, 0.1) is 18.3 Å². The molecule has 32 heavy (non-hydrogen) atoms. The van der Waals surface area contributed by atoms with Crippen molar-refractivity contribution in [1.82, 2.24) is 15.2 Å². The van der Waals surface area contributed by atoms with Gasteiger partial charge in [0.25, 0.3) is 5.91 Å². The molecule has 1 saturated heterocycles. The molecule has 0 bridgehead atoms. The van der Waals surface area contributed by atoms with Crippen molar-refractivity contribution >= 4 is 5.91 Å². The standard InChI is InChI=1S/C25H23FN4O2/c1-16-14-30(15-27)17(2)24(16)29-25(31)19-5-3-18(4-6-19)22-11-12-28-13-23(22)32-21-9-7-20(26)8-10-21/h3-13,16-17,24H,14H2,1-2H3,(H,29,31)/t16?,17?,24-/m1/s1. The summed E-state index contributed by atoms with van der Waals surface area (Å²) in [4.78, 5) is 18.6. The number of likely N-dealkylation sites (tertiary alicyclic amines) is 1. The SMILES string of the molecule is CC1CN(C#N)C(C)[C@@H]1NC(=O)c1ccc(-c2ccncc2Oc2ccc(F)cc2)cc1. The van der Waals surface area contributed by atoms with Crippen molar-refractivity contribution in [3.05, 3.63) is 78.4 Å². The fraction of sp³-hybridized carbons (Fsp3) is 0.240. The molecule has 2 unspecified atom stereocenters. The lowest BCUT2D eigenvalue weighted by atomic mass is 10.00. The monoisotopic (exact) mass is 430 g/mol. The quantitative estimate of drug-likeness (QED) is 0.599. The van der Waals surface area contributed by atoms with Crippen LogP contribution in [0.25, 0.3) is 11.1 Å². The molecule has 7 heteroatoms. The number of halogens is 1. The number of carbonyl (C=O) groups excluding carboxylic acids is 1. The van der Waals surface area contributed by atoms with Gasteiger partial charge in [0, 0.05) is 23.9 Å². The van der Waals surface area contributed by atoms with Crippen LogP contribution >= 0.6 is 0 Å². The lowest BCUT2D eigenvalue weighted by Gasteiger charge is -2.22. The topological polar surface area (TPSA) is 78.3 Å². The molecule has 2 aromatic carbocycles. The van der Waals surface area contributed by atoms with Crippen LogP contribution in [0.5, 0.6) is 11.5 Å². The molecular formula is C25H23FN4O2. The molecule has 1 aliphatic rings. The minimum atomic E-state index is -0.334. The lowest BCUT2D eigenvalue weighted by molar-refractivity contribution is 0.0924. The predicted octanol–water partition coefficient (Wildman–Crippen LogP) is 4.60. The molecular weight excluding hydrogens is 407 g/mol. The summed E-state index contributed by atoms with van der Waals surface area (Å²) in [5.74, 6) is 0.720. The number of nitriles is 1. The van der Waals surface area contributed by atoms with Crippen LogP contribution in [0, 0.1) is 23.2 Å². The van der Waals surface area contributed by atoms with Crippen LogP contribution in [-0.2, 0) is 0 Å². The van der Waals surface area contributed by atoms with Gasteiger partial charge in [0.2, 0.25) is 0 Å². The van der Waals surface area contributed by atoms with E-state index < -0.39 is 0 Å². The second kappa shape index (κ2) is 9.06. The number of rotatable bonds is 5. The van der Waals surface area contributed by atoms with Gasteiger partial charge in [-0.25, -0.2) is 4.39 Å². The number of nitrogens with zero attached hydrogens (tertiary/aromatic N) is 3. The molecule has 0 radical (unpaired) electrons. The van der Waals surface area contributed by atoms with Crippen LogP contribution in [0.4, 0.5) is 4.39 Å². The van der Waals surface area contributed by atoms with Gasteiger partial charge in [-0.1, -0.05) is 19.1 Å². The summed E-state index contributed by atoms with van der Waals surface area (Å²) in [6, 6.07) is 14.7. The Labute approximate surface area is 186 Å².